The summed E-state index contributed by atoms with van der Waals surface area (Å²) >= 11 is 0. The number of carbonyl (C=O) groups excluding carboxylic acids is 2. The van der Waals surface area contributed by atoms with Crippen molar-refractivity contribution in [1.82, 2.24) is 10.3 Å². The van der Waals surface area contributed by atoms with Gasteiger partial charge in [-0.1, -0.05) is 61.4 Å². The van der Waals surface area contributed by atoms with E-state index in [2.05, 4.69) is 21.1 Å². The number of nitrogens with zero attached hydrogens (tertiary/aromatic N) is 2. The van der Waals surface area contributed by atoms with Crippen LogP contribution < -0.4 is 10.2 Å². The lowest BCUT2D eigenvalue weighted by Crippen LogP contribution is -2.68. The summed E-state index contributed by atoms with van der Waals surface area (Å²) in [4.78, 5) is 31.2. The number of pyridine rings is 1. The monoisotopic (exact) mass is 427 g/mol. The van der Waals surface area contributed by atoms with Gasteiger partial charge in [0.15, 0.2) is 0 Å². The van der Waals surface area contributed by atoms with Gasteiger partial charge in [0.2, 0.25) is 0 Å². The molecule has 6 heteroatoms. The van der Waals surface area contributed by atoms with Gasteiger partial charge in [-0.05, 0) is 30.5 Å². The van der Waals surface area contributed by atoms with Gasteiger partial charge >= 0.3 is 6.09 Å². The Hall–Kier alpha value is -3.63. The third kappa shape index (κ3) is 3.43. The van der Waals surface area contributed by atoms with Gasteiger partial charge in [0.1, 0.15) is 18.2 Å². The highest BCUT2D eigenvalue weighted by Gasteiger charge is 2.59. The molecule has 1 N–H and O–H groups in total. The van der Waals surface area contributed by atoms with Gasteiger partial charge < -0.3 is 15.0 Å². The largest absolute Gasteiger partial charge is 0.445 e. The summed E-state index contributed by atoms with van der Waals surface area (Å²) in [6.45, 7) is 0.581. The minimum atomic E-state index is -0.469. The molecule has 6 nitrogen and oxygen atoms in total. The Morgan fingerprint density at radius 1 is 1.12 bits per heavy atom. The molecule has 0 unspecified atom stereocenters. The Bertz CT molecular complexity index is 1180. The van der Waals surface area contributed by atoms with E-state index in [0.29, 0.717) is 12.2 Å². The lowest BCUT2D eigenvalue weighted by molar-refractivity contribution is 0.105. The van der Waals surface area contributed by atoms with Crippen LogP contribution in [-0.4, -0.2) is 29.6 Å². The summed E-state index contributed by atoms with van der Waals surface area (Å²) in [5.41, 5.74) is 2.92. The summed E-state index contributed by atoms with van der Waals surface area (Å²) < 4.78 is 5.38. The molecule has 0 radical (unpaired) electrons. The van der Waals surface area contributed by atoms with E-state index in [1.807, 2.05) is 60.7 Å². The number of aromatic nitrogens is 1. The second-order valence-electron chi connectivity index (χ2n) is 8.51. The average molecular weight is 428 g/mol. The molecule has 2 aromatic carbocycles. The van der Waals surface area contributed by atoms with Crippen LogP contribution >= 0.6 is 0 Å². The van der Waals surface area contributed by atoms with Crippen LogP contribution in [0.2, 0.25) is 0 Å². The van der Waals surface area contributed by atoms with Crippen LogP contribution in [0.1, 0.15) is 31.2 Å². The maximum absolute atomic E-state index is 12.4. The summed E-state index contributed by atoms with van der Waals surface area (Å²) in [5, 5.41) is 3.95. The van der Waals surface area contributed by atoms with Gasteiger partial charge in [-0.25, -0.2) is 9.59 Å². The molecular formula is C26H25N3O3. The van der Waals surface area contributed by atoms with E-state index in [-0.39, 0.29) is 12.6 Å². The van der Waals surface area contributed by atoms with Gasteiger partial charge in [0.25, 0.3) is 0 Å². The first-order valence-corrected chi connectivity index (χ1v) is 11.1. The van der Waals surface area contributed by atoms with Crippen LogP contribution in [0, 0.1) is 5.41 Å². The van der Waals surface area contributed by atoms with Crippen molar-refractivity contribution in [2.24, 2.45) is 5.41 Å². The second-order valence-corrected chi connectivity index (χ2v) is 8.51. The van der Waals surface area contributed by atoms with Crippen molar-refractivity contribution in [2.45, 2.75) is 38.3 Å². The number of para-hydroxylation sites is 1. The number of anilines is 1. The third-order valence-corrected chi connectivity index (χ3v) is 6.74. The molecule has 0 spiro atoms. The lowest BCUT2D eigenvalue weighted by atomic mass is 9.60. The van der Waals surface area contributed by atoms with Crippen LogP contribution in [0.3, 0.4) is 0 Å². The van der Waals surface area contributed by atoms with E-state index in [1.54, 1.807) is 6.20 Å². The fourth-order valence-corrected chi connectivity index (χ4v) is 5.22. The third-order valence-electron chi connectivity index (χ3n) is 6.74. The van der Waals surface area contributed by atoms with E-state index >= 15 is 0 Å². The van der Waals surface area contributed by atoms with Crippen molar-refractivity contribution in [3.05, 3.63) is 78.1 Å². The number of alkyl carbamates (subject to hydrolysis) is 1. The molecule has 0 bridgehead atoms. The molecule has 1 saturated heterocycles. The molecule has 1 aliphatic heterocycles. The Morgan fingerprint density at radius 3 is 2.81 bits per heavy atom. The van der Waals surface area contributed by atoms with Crippen LogP contribution in [-0.2, 0) is 16.1 Å². The topological polar surface area (TPSA) is 71.5 Å². The molecule has 2 aliphatic rings. The summed E-state index contributed by atoms with van der Waals surface area (Å²) in [6, 6.07) is 19.6. The highest BCUT2D eigenvalue weighted by atomic mass is 16.5. The predicted molar refractivity (Wildman–Crippen MR) is 123 cm³/mol. The number of rotatable bonds is 5. The van der Waals surface area contributed by atoms with Crippen LogP contribution in [0.4, 0.5) is 10.5 Å². The minimum Gasteiger partial charge on any atom is -0.445 e. The van der Waals surface area contributed by atoms with E-state index in [9.17, 15) is 9.59 Å². The summed E-state index contributed by atoms with van der Waals surface area (Å²) in [6.07, 6.45) is 5.21. The fourth-order valence-electron chi connectivity index (χ4n) is 5.22. The number of carbonyl (C=O) groups is 1. The van der Waals surface area contributed by atoms with Crippen LogP contribution in [0.5, 0.6) is 0 Å². The summed E-state index contributed by atoms with van der Waals surface area (Å²) in [5.74, 6) is 2.21. The van der Waals surface area contributed by atoms with Gasteiger partial charge in [-0.3, -0.25) is 4.98 Å². The van der Waals surface area contributed by atoms with Crippen molar-refractivity contribution in [3.8, 4) is 0 Å². The highest BCUT2D eigenvalue weighted by Crippen LogP contribution is 2.56. The molecule has 1 amide bonds. The van der Waals surface area contributed by atoms with Gasteiger partial charge in [-0.15, -0.1) is 0 Å². The van der Waals surface area contributed by atoms with Gasteiger partial charge in [0, 0.05) is 24.2 Å². The SMILES string of the molecule is O=C=C1N(c2cccc3cccnc23)[C@@H]2CCCC[C@]12CNC(=O)OCc1ccccc1. The Balaban J connectivity index is 1.35. The molecule has 1 aromatic heterocycles. The van der Waals surface area contributed by atoms with Crippen molar-refractivity contribution >= 4 is 28.6 Å². The predicted octanol–water partition coefficient (Wildman–Crippen LogP) is 4.63. The number of benzene rings is 2. The highest BCUT2D eigenvalue weighted by molar-refractivity contribution is 5.94. The minimum absolute atomic E-state index is 0.120. The average Bonchev–Trinajstić information content (AvgIpc) is 2.84. The zero-order valence-corrected chi connectivity index (χ0v) is 17.8. The first-order valence-electron chi connectivity index (χ1n) is 11.1. The van der Waals surface area contributed by atoms with Crippen molar-refractivity contribution < 1.29 is 14.3 Å². The Kier molecular flexibility index (Phi) is 5.38. The molecule has 5 rings (SSSR count). The quantitative estimate of drug-likeness (QED) is 0.602. The molecule has 2 heterocycles. The zero-order valence-electron chi connectivity index (χ0n) is 17.8. The van der Waals surface area contributed by atoms with E-state index in [1.165, 1.54) is 0 Å². The molecule has 32 heavy (non-hydrogen) atoms. The Labute approximate surface area is 186 Å². The van der Waals surface area contributed by atoms with Crippen LogP contribution in [0.25, 0.3) is 10.9 Å². The van der Waals surface area contributed by atoms with E-state index < -0.39 is 11.5 Å². The van der Waals surface area contributed by atoms with E-state index in [4.69, 9.17) is 4.74 Å². The number of fused-ring (bicyclic) bond motifs is 2. The van der Waals surface area contributed by atoms with Gasteiger partial charge in [-0.2, -0.15) is 0 Å². The Morgan fingerprint density at radius 2 is 1.97 bits per heavy atom. The van der Waals surface area contributed by atoms with Gasteiger partial charge in [0.05, 0.1) is 16.6 Å². The smallest absolute Gasteiger partial charge is 0.407 e. The number of hydrogen-bond donors (Lipinski definition) is 1. The normalized spacial score (nSPS) is 21.9. The van der Waals surface area contributed by atoms with E-state index in [0.717, 1.165) is 47.8 Å². The number of nitrogens with one attached hydrogen (secondary N) is 1. The lowest BCUT2D eigenvalue weighted by Gasteiger charge is -2.61. The number of ether oxygens (including phenoxy) is 1. The van der Waals surface area contributed by atoms with Crippen LogP contribution in [0.15, 0.2) is 72.6 Å². The molecule has 3 aromatic rings. The van der Waals surface area contributed by atoms with Crippen molar-refractivity contribution in [1.29, 1.82) is 0 Å². The molecule has 2 fully saturated rings. The first-order chi connectivity index (χ1) is 15.7. The van der Waals surface area contributed by atoms with Crippen molar-refractivity contribution in [2.75, 3.05) is 11.4 Å². The second kappa shape index (κ2) is 8.48. The maximum Gasteiger partial charge on any atom is 0.407 e. The molecule has 1 aliphatic carbocycles. The standard InChI is InChI=1S/C26H25N3O3/c30-16-23-26(18-28-25(31)32-17-19-8-2-1-3-9-19)14-5-4-13-22(26)29(23)21-12-6-10-20-11-7-15-27-24(20)21/h1-3,6-12,15,22H,4-5,13-14,17-18H2,(H,28,31)/t22-,26-/m1/s1. The summed E-state index contributed by atoms with van der Waals surface area (Å²) in [7, 11) is 0. The molecule has 1 saturated carbocycles. The molecule has 2 atom stereocenters. The fraction of sp³-hybridized carbons (Fsp3) is 0.308. The number of hydrogen-bond acceptors (Lipinski definition) is 5. The van der Waals surface area contributed by atoms with Crippen molar-refractivity contribution in [3.63, 3.8) is 0 Å². The maximum atomic E-state index is 12.4. The zero-order chi connectivity index (χ0) is 22.0. The first kappa shape index (κ1) is 20.3. The molecular weight excluding hydrogens is 402 g/mol. The molecule has 162 valence electrons. The number of amides is 1.